The van der Waals surface area contributed by atoms with Gasteiger partial charge in [0.25, 0.3) is 0 Å². The summed E-state index contributed by atoms with van der Waals surface area (Å²) < 4.78 is 56.9. The molecular weight excluding hydrogens is 442 g/mol. The number of amides is 1. The summed E-state index contributed by atoms with van der Waals surface area (Å²) in [6, 6.07) is 4.23. The fourth-order valence-electron chi connectivity index (χ4n) is 3.87. The van der Waals surface area contributed by atoms with Crippen molar-refractivity contribution >= 4 is 15.9 Å². The van der Waals surface area contributed by atoms with Crippen molar-refractivity contribution in [2.45, 2.75) is 56.1 Å². The minimum absolute atomic E-state index is 0.0346. The quantitative estimate of drug-likeness (QED) is 0.646. The Morgan fingerprint density at radius 1 is 1.16 bits per heavy atom. The summed E-state index contributed by atoms with van der Waals surface area (Å²) in [7, 11) is -2.03. The molecule has 0 bridgehead atoms. The minimum Gasteiger partial charge on any atom is -0.494 e. The summed E-state index contributed by atoms with van der Waals surface area (Å²) in [6.07, 6.45) is 6.64. The van der Waals surface area contributed by atoms with Gasteiger partial charge in [-0.25, -0.2) is 22.0 Å². The van der Waals surface area contributed by atoms with Crippen LogP contribution in [-0.2, 0) is 14.6 Å². The summed E-state index contributed by atoms with van der Waals surface area (Å²) >= 11 is 0. The monoisotopic (exact) mass is 476 g/mol. The molecule has 0 aromatic heterocycles. The highest BCUT2D eigenvalue weighted by Crippen LogP contribution is 2.23. The van der Waals surface area contributed by atoms with Gasteiger partial charge in [0.1, 0.15) is 12.8 Å². The largest absolute Gasteiger partial charge is 0.494 e. The molecule has 10 heteroatoms. The number of halogens is 2. The van der Waals surface area contributed by atoms with Crippen LogP contribution in [-0.4, -0.2) is 82.7 Å². The first kappa shape index (κ1) is 26.3. The van der Waals surface area contributed by atoms with Gasteiger partial charge in [-0.3, -0.25) is 4.90 Å². The van der Waals surface area contributed by atoms with E-state index in [9.17, 15) is 22.0 Å². The van der Waals surface area contributed by atoms with E-state index in [1.54, 1.807) is 11.8 Å². The molecule has 2 aliphatic rings. The van der Waals surface area contributed by atoms with Crippen LogP contribution >= 0.6 is 0 Å². The van der Waals surface area contributed by atoms with Crippen LogP contribution in [0.2, 0.25) is 0 Å². The predicted molar refractivity (Wildman–Crippen MR) is 118 cm³/mol. The van der Waals surface area contributed by atoms with Crippen LogP contribution in [0.25, 0.3) is 0 Å². The summed E-state index contributed by atoms with van der Waals surface area (Å²) in [6.45, 7) is 4.21. The molecule has 1 aromatic carbocycles. The minimum atomic E-state index is -3.35. The Labute approximate surface area is 189 Å². The molecule has 7 nitrogen and oxygen atoms in total. The highest BCUT2D eigenvalue weighted by atomic mass is 32.2. The van der Waals surface area contributed by atoms with Crippen molar-refractivity contribution in [2.24, 2.45) is 0 Å². The zero-order chi connectivity index (χ0) is 23.7. The molecule has 1 saturated carbocycles. The number of piperazine rings is 1. The molecule has 0 radical (unpaired) electrons. The Morgan fingerprint density at radius 3 is 2.28 bits per heavy atom. The van der Waals surface area contributed by atoms with Crippen molar-refractivity contribution < 1.29 is 31.5 Å². The lowest BCUT2D eigenvalue weighted by molar-refractivity contribution is 0.0328. The molecule has 182 valence electrons. The van der Waals surface area contributed by atoms with Crippen LogP contribution in [0.3, 0.4) is 0 Å². The van der Waals surface area contributed by atoms with E-state index in [1.165, 1.54) is 51.3 Å². The van der Waals surface area contributed by atoms with Crippen molar-refractivity contribution in [3.63, 3.8) is 0 Å². The molecule has 0 N–H and O–H groups in total. The summed E-state index contributed by atoms with van der Waals surface area (Å²) in [5.41, 5.74) is 0. The fourth-order valence-corrected chi connectivity index (χ4v) is 4.50. The number of sulfone groups is 1. The lowest BCUT2D eigenvalue weighted by Gasteiger charge is -2.40. The molecule has 1 amide bonds. The third-order valence-corrected chi connectivity index (χ3v) is 6.84. The maximum Gasteiger partial charge on any atom is 0.410 e. The molecule has 1 aliphatic carbocycles. The zero-order valence-electron chi connectivity index (χ0n) is 19.1. The second-order valence-electron chi connectivity index (χ2n) is 8.23. The maximum absolute atomic E-state index is 13.0. The average molecular weight is 477 g/mol. The standard InChI is InChI=1S/C14H25FN2O2.C8H9FO3S/c1-12(11-15)19-14(18)17-9-7-16(8-10-17)13-5-3-2-4-6-13;1-12-8-4-3-6(5-7(8)9)13(2,10)11/h12-13H,2-11H2,1H3;3-5H,1-2H3/t12-;/m0./s1. The highest BCUT2D eigenvalue weighted by Gasteiger charge is 2.28. The molecule has 2 fully saturated rings. The van der Waals surface area contributed by atoms with Crippen LogP contribution < -0.4 is 4.74 Å². The third kappa shape index (κ3) is 7.88. The number of hydrogen-bond acceptors (Lipinski definition) is 6. The Morgan fingerprint density at radius 2 is 1.78 bits per heavy atom. The molecular formula is C22H34F2N2O5S. The van der Waals surface area contributed by atoms with Gasteiger partial charge < -0.3 is 14.4 Å². The number of hydrogen-bond donors (Lipinski definition) is 0. The van der Waals surface area contributed by atoms with Gasteiger partial charge in [-0.15, -0.1) is 0 Å². The van der Waals surface area contributed by atoms with E-state index in [0.29, 0.717) is 19.1 Å². The van der Waals surface area contributed by atoms with E-state index in [1.807, 2.05) is 0 Å². The first-order valence-corrected chi connectivity index (χ1v) is 12.8. The zero-order valence-corrected chi connectivity index (χ0v) is 19.9. The van der Waals surface area contributed by atoms with Gasteiger partial charge in [0.2, 0.25) is 0 Å². The second kappa shape index (κ2) is 12.3. The van der Waals surface area contributed by atoms with E-state index < -0.39 is 28.4 Å². The van der Waals surface area contributed by atoms with Gasteiger partial charge in [0, 0.05) is 38.5 Å². The van der Waals surface area contributed by atoms with Crippen molar-refractivity contribution in [1.82, 2.24) is 9.80 Å². The van der Waals surface area contributed by atoms with E-state index in [0.717, 1.165) is 25.4 Å². The first-order valence-electron chi connectivity index (χ1n) is 10.9. The Balaban J connectivity index is 0.000000244. The van der Waals surface area contributed by atoms with Crippen LogP contribution in [0.4, 0.5) is 13.6 Å². The van der Waals surface area contributed by atoms with Gasteiger partial charge in [-0.05, 0) is 38.0 Å². The van der Waals surface area contributed by atoms with E-state index in [2.05, 4.69) is 9.64 Å². The summed E-state index contributed by atoms with van der Waals surface area (Å²) in [5.74, 6) is -0.641. The lowest BCUT2D eigenvalue weighted by atomic mass is 9.94. The predicted octanol–water partition coefficient (Wildman–Crippen LogP) is 3.67. The van der Waals surface area contributed by atoms with Crippen LogP contribution in [0.5, 0.6) is 5.75 Å². The highest BCUT2D eigenvalue weighted by molar-refractivity contribution is 7.90. The molecule has 1 atom stereocenters. The van der Waals surface area contributed by atoms with Crippen molar-refractivity contribution in [2.75, 3.05) is 46.2 Å². The number of carbonyl (C=O) groups is 1. The Hall–Kier alpha value is -1.94. The first-order chi connectivity index (χ1) is 15.2. The molecule has 1 saturated heterocycles. The average Bonchev–Trinajstić information content (AvgIpc) is 2.79. The van der Waals surface area contributed by atoms with Gasteiger partial charge in [0.05, 0.1) is 12.0 Å². The number of methoxy groups -OCH3 is 1. The third-order valence-electron chi connectivity index (χ3n) is 5.73. The molecule has 1 heterocycles. The number of benzene rings is 1. The van der Waals surface area contributed by atoms with Crippen molar-refractivity contribution in [3.8, 4) is 5.75 Å². The molecule has 32 heavy (non-hydrogen) atoms. The van der Waals surface area contributed by atoms with Gasteiger partial charge >= 0.3 is 6.09 Å². The number of rotatable bonds is 5. The molecule has 1 aromatic rings. The molecule has 0 spiro atoms. The fraction of sp³-hybridized carbons (Fsp3) is 0.682. The lowest BCUT2D eigenvalue weighted by Crippen LogP contribution is -2.52. The Kier molecular flexibility index (Phi) is 10.1. The van der Waals surface area contributed by atoms with Crippen molar-refractivity contribution in [3.05, 3.63) is 24.0 Å². The topological polar surface area (TPSA) is 76.2 Å². The number of nitrogens with zero attached hydrogens (tertiary/aromatic N) is 2. The second-order valence-corrected chi connectivity index (χ2v) is 10.2. The number of alkyl halides is 1. The van der Waals surface area contributed by atoms with E-state index in [-0.39, 0.29) is 16.7 Å². The van der Waals surface area contributed by atoms with Crippen LogP contribution in [0.15, 0.2) is 23.1 Å². The van der Waals surface area contributed by atoms with Crippen LogP contribution in [0.1, 0.15) is 39.0 Å². The Bertz CT molecular complexity index is 839. The number of carbonyl (C=O) groups excluding carboxylic acids is 1. The summed E-state index contributed by atoms with van der Waals surface area (Å²) in [5, 5.41) is 0. The smallest absolute Gasteiger partial charge is 0.410 e. The van der Waals surface area contributed by atoms with E-state index in [4.69, 9.17) is 4.74 Å². The van der Waals surface area contributed by atoms with Gasteiger partial charge in [-0.1, -0.05) is 19.3 Å². The van der Waals surface area contributed by atoms with Crippen LogP contribution in [0, 0.1) is 5.82 Å². The SMILES string of the molecule is COc1ccc(S(C)(=O)=O)cc1F.C[C@@H](CF)OC(=O)N1CCN(C2CCCCC2)CC1. The number of ether oxygens (including phenoxy) is 2. The van der Waals surface area contributed by atoms with Gasteiger partial charge in [0.15, 0.2) is 21.4 Å². The van der Waals surface area contributed by atoms with Gasteiger partial charge in [-0.2, -0.15) is 0 Å². The molecule has 0 unspecified atom stereocenters. The summed E-state index contributed by atoms with van der Waals surface area (Å²) in [4.78, 5) is 15.9. The molecule has 1 aliphatic heterocycles. The van der Waals surface area contributed by atoms with Crippen molar-refractivity contribution in [1.29, 1.82) is 0 Å². The molecule has 3 rings (SSSR count). The van der Waals surface area contributed by atoms with E-state index >= 15 is 0 Å². The maximum atomic E-state index is 13.0. The normalized spacial score (nSPS) is 19.0.